The number of hydrogen-bond donors (Lipinski definition) is 1. The Hall–Kier alpha value is -1.64. The third-order valence-electron chi connectivity index (χ3n) is 3.87. The van der Waals surface area contributed by atoms with Crippen molar-refractivity contribution in [2.45, 2.75) is 24.4 Å². The number of ether oxygens (including phenoxy) is 1. The maximum absolute atomic E-state index is 13.1. The number of carbonyl (C=O) groups is 1. The molecule has 1 amide bonds. The van der Waals surface area contributed by atoms with E-state index in [0.717, 1.165) is 4.31 Å². The van der Waals surface area contributed by atoms with Crippen LogP contribution < -0.4 is 5.32 Å². The highest BCUT2D eigenvalue weighted by Gasteiger charge is 2.27. The van der Waals surface area contributed by atoms with Crippen molar-refractivity contribution in [3.63, 3.8) is 0 Å². The van der Waals surface area contributed by atoms with E-state index in [0.29, 0.717) is 22.2 Å². The number of benzene rings is 2. The van der Waals surface area contributed by atoms with E-state index in [1.807, 2.05) is 0 Å². The summed E-state index contributed by atoms with van der Waals surface area (Å²) in [6, 6.07) is 12.4. The fourth-order valence-corrected chi connectivity index (χ4v) is 4.18. The zero-order chi connectivity index (χ0) is 20.7. The molecular formula is C19H22Cl2N2O4S. The van der Waals surface area contributed by atoms with E-state index in [-0.39, 0.29) is 24.0 Å². The van der Waals surface area contributed by atoms with Crippen molar-refractivity contribution in [2.24, 2.45) is 0 Å². The lowest BCUT2D eigenvalue weighted by Gasteiger charge is -2.23. The summed E-state index contributed by atoms with van der Waals surface area (Å²) in [4.78, 5) is 12.5. The van der Waals surface area contributed by atoms with Crippen molar-refractivity contribution in [1.82, 2.24) is 9.62 Å². The lowest BCUT2D eigenvalue weighted by Crippen LogP contribution is -2.44. The van der Waals surface area contributed by atoms with E-state index >= 15 is 0 Å². The van der Waals surface area contributed by atoms with Crippen LogP contribution in [0.3, 0.4) is 0 Å². The molecule has 6 nitrogen and oxygen atoms in total. The zero-order valence-corrected chi connectivity index (χ0v) is 17.9. The van der Waals surface area contributed by atoms with Crippen molar-refractivity contribution in [3.8, 4) is 0 Å². The van der Waals surface area contributed by atoms with Crippen LogP contribution in [0.15, 0.2) is 53.4 Å². The van der Waals surface area contributed by atoms with Crippen LogP contribution in [0.25, 0.3) is 0 Å². The van der Waals surface area contributed by atoms with Crippen LogP contribution in [0, 0.1) is 0 Å². The third kappa shape index (κ3) is 6.46. The molecule has 0 unspecified atom stereocenters. The van der Waals surface area contributed by atoms with Crippen molar-refractivity contribution in [3.05, 3.63) is 64.1 Å². The van der Waals surface area contributed by atoms with Crippen molar-refractivity contribution in [1.29, 1.82) is 0 Å². The molecule has 2 aromatic carbocycles. The highest BCUT2D eigenvalue weighted by molar-refractivity contribution is 7.89. The van der Waals surface area contributed by atoms with Gasteiger partial charge in [0.2, 0.25) is 15.9 Å². The summed E-state index contributed by atoms with van der Waals surface area (Å²) >= 11 is 11.8. The van der Waals surface area contributed by atoms with Gasteiger partial charge in [-0.1, -0.05) is 35.3 Å². The molecule has 2 rings (SSSR count). The molecule has 0 fully saturated rings. The van der Waals surface area contributed by atoms with E-state index in [4.69, 9.17) is 27.9 Å². The first-order valence-corrected chi connectivity index (χ1v) is 10.7. The first-order valence-electron chi connectivity index (χ1n) is 8.51. The van der Waals surface area contributed by atoms with Crippen molar-refractivity contribution in [2.75, 3.05) is 20.3 Å². The maximum Gasteiger partial charge on any atom is 0.243 e. The molecule has 0 aliphatic rings. The summed E-state index contributed by atoms with van der Waals surface area (Å²) < 4.78 is 32.3. The summed E-state index contributed by atoms with van der Waals surface area (Å²) in [7, 11) is -2.39. The molecule has 1 N–H and O–H groups in total. The molecule has 0 aliphatic heterocycles. The SMILES string of the molecule is COC[C@H](C)NC(=O)CN(Cc1ccc(Cl)cc1)S(=O)(=O)c1ccc(Cl)cc1. The molecule has 0 heterocycles. The smallest absolute Gasteiger partial charge is 0.243 e. The van der Waals surface area contributed by atoms with Gasteiger partial charge >= 0.3 is 0 Å². The Kier molecular flexibility index (Phi) is 8.27. The summed E-state index contributed by atoms with van der Waals surface area (Å²) in [5.74, 6) is -0.420. The van der Waals surface area contributed by atoms with Gasteiger partial charge in [0.15, 0.2) is 0 Å². The zero-order valence-electron chi connectivity index (χ0n) is 15.6. The van der Waals surface area contributed by atoms with Gasteiger partial charge in [0, 0.05) is 29.7 Å². The Labute approximate surface area is 175 Å². The van der Waals surface area contributed by atoms with E-state index < -0.39 is 15.9 Å². The van der Waals surface area contributed by atoms with Gasteiger partial charge in [-0.05, 0) is 48.9 Å². The molecule has 0 aromatic heterocycles. The van der Waals surface area contributed by atoms with Crippen LogP contribution in [0.4, 0.5) is 0 Å². The van der Waals surface area contributed by atoms with E-state index in [1.165, 1.54) is 31.4 Å². The molecule has 9 heteroatoms. The highest BCUT2D eigenvalue weighted by Crippen LogP contribution is 2.21. The molecule has 0 aliphatic carbocycles. The average molecular weight is 445 g/mol. The molecule has 0 bridgehead atoms. The molecule has 2 aromatic rings. The van der Waals surface area contributed by atoms with Crippen LogP contribution in [0.2, 0.25) is 10.0 Å². The van der Waals surface area contributed by atoms with E-state index in [1.54, 1.807) is 31.2 Å². The molecule has 0 saturated carbocycles. The normalized spacial score (nSPS) is 12.8. The topological polar surface area (TPSA) is 75.7 Å². The standard InChI is InChI=1S/C19H22Cl2N2O4S/c1-14(13-27-2)22-19(24)12-23(11-15-3-5-16(20)6-4-15)28(25,26)18-9-7-17(21)8-10-18/h3-10,14H,11-13H2,1-2H3,(H,22,24)/t14-/m0/s1. The average Bonchev–Trinajstić information content (AvgIpc) is 2.63. The number of methoxy groups -OCH3 is 1. The summed E-state index contributed by atoms with van der Waals surface area (Å²) in [6.07, 6.45) is 0. The molecule has 0 saturated heterocycles. The second-order valence-electron chi connectivity index (χ2n) is 6.28. The second-order valence-corrected chi connectivity index (χ2v) is 9.09. The van der Waals surface area contributed by atoms with Crippen LogP contribution in [-0.2, 0) is 26.1 Å². The number of sulfonamides is 1. The number of halogens is 2. The van der Waals surface area contributed by atoms with Gasteiger partial charge in [-0.25, -0.2) is 8.42 Å². The Balaban J connectivity index is 2.27. The Morgan fingerprint density at radius 3 is 2.14 bits per heavy atom. The predicted molar refractivity (Wildman–Crippen MR) is 110 cm³/mol. The number of nitrogens with zero attached hydrogens (tertiary/aromatic N) is 1. The third-order valence-corrected chi connectivity index (χ3v) is 6.18. The van der Waals surface area contributed by atoms with Gasteiger partial charge in [-0.3, -0.25) is 4.79 Å². The summed E-state index contributed by atoms with van der Waals surface area (Å²) in [5, 5.41) is 3.70. The quantitative estimate of drug-likeness (QED) is 0.643. The number of carbonyl (C=O) groups excluding carboxylic acids is 1. The number of rotatable bonds is 9. The van der Waals surface area contributed by atoms with Crippen LogP contribution in [-0.4, -0.2) is 44.9 Å². The number of hydrogen-bond acceptors (Lipinski definition) is 4. The van der Waals surface area contributed by atoms with E-state index in [9.17, 15) is 13.2 Å². The summed E-state index contributed by atoms with van der Waals surface area (Å²) in [5.41, 5.74) is 0.708. The number of amides is 1. The fourth-order valence-electron chi connectivity index (χ4n) is 2.55. The van der Waals surface area contributed by atoms with Gasteiger partial charge in [0.25, 0.3) is 0 Å². The minimum Gasteiger partial charge on any atom is -0.383 e. The van der Waals surface area contributed by atoms with Crippen LogP contribution >= 0.6 is 23.2 Å². The first kappa shape index (κ1) is 22.6. The lowest BCUT2D eigenvalue weighted by atomic mass is 10.2. The molecule has 28 heavy (non-hydrogen) atoms. The van der Waals surface area contributed by atoms with Crippen LogP contribution in [0.5, 0.6) is 0 Å². The van der Waals surface area contributed by atoms with Crippen molar-refractivity contribution < 1.29 is 17.9 Å². The Bertz CT molecular complexity index is 887. The first-order chi connectivity index (χ1) is 13.2. The summed E-state index contributed by atoms with van der Waals surface area (Å²) in [6.45, 7) is 1.79. The predicted octanol–water partition coefficient (Wildman–Crippen LogP) is 3.34. The highest BCUT2D eigenvalue weighted by atomic mass is 35.5. The maximum atomic E-state index is 13.1. The fraction of sp³-hybridized carbons (Fsp3) is 0.316. The monoisotopic (exact) mass is 444 g/mol. The van der Waals surface area contributed by atoms with E-state index in [2.05, 4.69) is 5.32 Å². The minimum atomic E-state index is -3.92. The molecular weight excluding hydrogens is 423 g/mol. The van der Waals surface area contributed by atoms with Gasteiger partial charge in [-0.15, -0.1) is 0 Å². The Morgan fingerprint density at radius 1 is 1.07 bits per heavy atom. The Morgan fingerprint density at radius 2 is 1.61 bits per heavy atom. The van der Waals surface area contributed by atoms with Crippen molar-refractivity contribution >= 4 is 39.1 Å². The van der Waals surface area contributed by atoms with Gasteiger partial charge < -0.3 is 10.1 Å². The molecule has 1 atom stereocenters. The van der Waals surface area contributed by atoms with Gasteiger partial charge in [0.05, 0.1) is 18.0 Å². The second kappa shape index (κ2) is 10.2. The molecule has 152 valence electrons. The number of nitrogens with one attached hydrogen (secondary N) is 1. The molecule has 0 spiro atoms. The largest absolute Gasteiger partial charge is 0.383 e. The van der Waals surface area contributed by atoms with Crippen LogP contribution in [0.1, 0.15) is 12.5 Å². The van der Waals surface area contributed by atoms with Gasteiger partial charge in [0.1, 0.15) is 0 Å². The minimum absolute atomic E-state index is 0.0220. The lowest BCUT2D eigenvalue weighted by molar-refractivity contribution is -0.122. The van der Waals surface area contributed by atoms with Gasteiger partial charge in [-0.2, -0.15) is 4.31 Å². The molecule has 0 radical (unpaired) electrons.